The van der Waals surface area contributed by atoms with Gasteiger partial charge in [0, 0.05) is 0 Å². The molecular formula is C8H5ClF2N2. The summed E-state index contributed by atoms with van der Waals surface area (Å²) in [7, 11) is 0. The molecular weight excluding hydrogens is 198 g/mol. The summed E-state index contributed by atoms with van der Waals surface area (Å²) in [6.45, 7) is 1.49. The highest BCUT2D eigenvalue weighted by Gasteiger charge is 2.15. The molecule has 0 bridgehead atoms. The molecule has 0 spiro atoms. The highest BCUT2D eigenvalue weighted by Crippen LogP contribution is 2.26. The van der Waals surface area contributed by atoms with Crippen LogP contribution in [0.2, 0.25) is 5.02 Å². The number of nitrogens with zero attached hydrogens (tertiary/aromatic N) is 2. The largest absolute Gasteiger partial charge is 0.281 e. The van der Waals surface area contributed by atoms with Gasteiger partial charge in [-0.15, -0.1) is 0 Å². The lowest BCUT2D eigenvalue weighted by Gasteiger charge is -2.04. The van der Waals surface area contributed by atoms with Crippen LogP contribution in [-0.2, 0) is 0 Å². The topological polar surface area (TPSA) is 36.7 Å². The van der Waals surface area contributed by atoms with Crippen molar-refractivity contribution >= 4 is 11.6 Å². The van der Waals surface area contributed by atoms with Gasteiger partial charge in [0.05, 0.1) is 16.3 Å². The van der Waals surface area contributed by atoms with Crippen LogP contribution in [0.1, 0.15) is 23.4 Å². The van der Waals surface area contributed by atoms with Gasteiger partial charge in [-0.3, -0.25) is 0 Å². The molecule has 0 atom stereocenters. The van der Waals surface area contributed by atoms with Crippen LogP contribution in [0.5, 0.6) is 0 Å². The Morgan fingerprint density at radius 1 is 1.62 bits per heavy atom. The van der Waals surface area contributed by atoms with E-state index in [1.165, 1.54) is 13.0 Å². The fraction of sp³-hybridized carbons (Fsp3) is 0.250. The summed E-state index contributed by atoms with van der Waals surface area (Å²) in [4.78, 5) is 3.54. The van der Waals surface area contributed by atoms with Crippen LogP contribution in [-0.4, -0.2) is 4.98 Å². The van der Waals surface area contributed by atoms with E-state index in [0.717, 1.165) is 0 Å². The summed E-state index contributed by atoms with van der Waals surface area (Å²) in [6, 6.07) is 3.01. The maximum absolute atomic E-state index is 12.2. The van der Waals surface area contributed by atoms with E-state index in [2.05, 4.69) is 4.98 Å². The summed E-state index contributed by atoms with van der Waals surface area (Å²) < 4.78 is 24.4. The van der Waals surface area contributed by atoms with Crippen molar-refractivity contribution in [3.63, 3.8) is 0 Å². The Kier molecular flexibility index (Phi) is 2.79. The van der Waals surface area contributed by atoms with E-state index < -0.39 is 12.1 Å². The third kappa shape index (κ3) is 1.93. The van der Waals surface area contributed by atoms with Crippen LogP contribution in [0.4, 0.5) is 8.78 Å². The molecule has 0 aliphatic rings. The normalized spacial score (nSPS) is 10.2. The van der Waals surface area contributed by atoms with Crippen LogP contribution in [0.15, 0.2) is 6.07 Å². The molecule has 0 unspecified atom stereocenters. The first-order valence-corrected chi connectivity index (χ1v) is 3.79. The molecule has 1 aromatic rings. The van der Waals surface area contributed by atoms with Crippen molar-refractivity contribution in [2.24, 2.45) is 0 Å². The van der Waals surface area contributed by atoms with Crippen molar-refractivity contribution in [2.45, 2.75) is 13.3 Å². The predicted octanol–water partition coefficient (Wildman–Crippen LogP) is 2.85. The molecule has 68 valence electrons. The number of nitriles is 1. The molecule has 1 aromatic heterocycles. The molecule has 0 saturated carbocycles. The van der Waals surface area contributed by atoms with Gasteiger partial charge in [-0.05, 0) is 13.0 Å². The standard InChI is InChI=1S/C8H5ClF2N2/c1-4-5(3-12)2-6(9)7(13-4)8(10)11/h2,8H,1H3. The highest BCUT2D eigenvalue weighted by molar-refractivity contribution is 6.31. The van der Waals surface area contributed by atoms with Crippen LogP contribution in [0.3, 0.4) is 0 Å². The molecule has 0 radical (unpaired) electrons. The summed E-state index contributed by atoms with van der Waals surface area (Å²) >= 11 is 5.48. The molecule has 2 nitrogen and oxygen atoms in total. The van der Waals surface area contributed by atoms with Gasteiger partial charge in [-0.2, -0.15) is 5.26 Å². The Labute approximate surface area is 78.8 Å². The highest BCUT2D eigenvalue weighted by atomic mass is 35.5. The van der Waals surface area contributed by atoms with E-state index in [0.29, 0.717) is 0 Å². The van der Waals surface area contributed by atoms with Gasteiger partial charge in [0.25, 0.3) is 6.43 Å². The molecule has 0 amide bonds. The summed E-state index contributed by atoms with van der Waals surface area (Å²) in [6.07, 6.45) is -2.71. The van der Waals surface area contributed by atoms with E-state index in [4.69, 9.17) is 16.9 Å². The number of aryl methyl sites for hydroxylation is 1. The zero-order valence-electron chi connectivity index (χ0n) is 6.68. The fourth-order valence-corrected chi connectivity index (χ4v) is 1.10. The third-order valence-electron chi connectivity index (χ3n) is 1.52. The second-order valence-electron chi connectivity index (χ2n) is 2.40. The summed E-state index contributed by atoms with van der Waals surface area (Å²) in [5.74, 6) is 0. The van der Waals surface area contributed by atoms with Crippen LogP contribution in [0, 0.1) is 18.3 Å². The summed E-state index contributed by atoms with van der Waals surface area (Å²) in [5, 5.41) is 8.37. The molecule has 5 heteroatoms. The lowest BCUT2D eigenvalue weighted by molar-refractivity contribution is 0.146. The molecule has 0 aliphatic heterocycles. The van der Waals surface area contributed by atoms with Crippen LogP contribution >= 0.6 is 11.6 Å². The number of hydrogen-bond acceptors (Lipinski definition) is 2. The second-order valence-corrected chi connectivity index (χ2v) is 2.81. The van der Waals surface area contributed by atoms with Gasteiger partial charge in [-0.25, -0.2) is 13.8 Å². The van der Waals surface area contributed by atoms with E-state index in [-0.39, 0.29) is 16.3 Å². The number of aromatic nitrogens is 1. The maximum atomic E-state index is 12.2. The maximum Gasteiger partial charge on any atom is 0.281 e. The predicted molar refractivity (Wildman–Crippen MR) is 43.7 cm³/mol. The molecule has 0 fully saturated rings. The first-order valence-electron chi connectivity index (χ1n) is 3.41. The Balaban J connectivity index is 3.31. The van der Waals surface area contributed by atoms with E-state index in [9.17, 15) is 8.78 Å². The minimum atomic E-state index is -2.71. The van der Waals surface area contributed by atoms with Crippen LogP contribution in [0.25, 0.3) is 0 Å². The molecule has 0 N–H and O–H groups in total. The lowest BCUT2D eigenvalue weighted by Crippen LogP contribution is -1.96. The zero-order valence-corrected chi connectivity index (χ0v) is 7.44. The van der Waals surface area contributed by atoms with E-state index >= 15 is 0 Å². The van der Waals surface area contributed by atoms with Crippen molar-refractivity contribution < 1.29 is 8.78 Å². The van der Waals surface area contributed by atoms with Crippen LogP contribution < -0.4 is 0 Å². The van der Waals surface area contributed by atoms with E-state index in [1.54, 1.807) is 0 Å². The fourth-order valence-electron chi connectivity index (χ4n) is 0.866. The van der Waals surface area contributed by atoms with Crippen molar-refractivity contribution in [1.29, 1.82) is 5.26 Å². The first-order chi connectivity index (χ1) is 6.06. The van der Waals surface area contributed by atoms with Gasteiger partial charge in [-0.1, -0.05) is 11.6 Å². The second kappa shape index (κ2) is 3.67. The van der Waals surface area contributed by atoms with E-state index in [1.807, 2.05) is 6.07 Å². The smallest absolute Gasteiger partial charge is 0.249 e. The SMILES string of the molecule is Cc1nc(C(F)F)c(Cl)cc1C#N. The Hall–Kier alpha value is -1.21. The quantitative estimate of drug-likeness (QED) is 0.702. The minimum absolute atomic E-state index is 0.169. The van der Waals surface area contributed by atoms with Crippen molar-refractivity contribution in [3.05, 3.63) is 28.0 Å². The first kappa shape index (κ1) is 9.87. The summed E-state index contributed by atoms with van der Waals surface area (Å²) in [5.41, 5.74) is 0.00904. The number of halogens is 3. The molecule has 0 saturated heterocycles. The average Bonchev–Trinajstić information content (AvgIpc) is 2.07. The Bertz CT molecular complexity index is 371. The number of hydrogen-bond donors (Lipinski definition) is 0. The molecule has 0 aliphatic carbocycles. The Morgan fingerprint density at radius 2 is 2.23 bits per heavy atom. The minimum Gasteiger partial charge on any atom is -0.249 e. The van der Waals surface area contributed by atoms with Crippen molar-refractivity contribution in [1.82, 2.24) is 4.98 Å². The average molecular weight is 203 g/mol. The van der Waals surface area contributed by atoms with Gasteiger partial charge in [0.15, 0.2) is 0 Å². The monoisotopic (exact) mass is 202 g/mol. The van der Waals surface area contributed by atoms with Gasteiger partial charge in [0.2, 0.25) is 0 Å². The van der Waals surface area contributed by atoms with Crippen molar-refractivity contribution in [2.75, 3.05) is 0 Å². The number of pyridine rings is 1. The third-order valence-corrected chi connectivity index (χ3v) is 1.82. The van der Waals surface area contributed by atoms with Gasteiger partial charge >= 0.3 is 0 Å². The van der Waals surface area contributed by atoms with Gasteiger partial charge < -0.3 is 0 Å². The molecule has 0 aromatic carbocycles. The lowest BCUT2D eigenvalue weighted by atomic mass is 10.2. The number of rotatable bonds is 1. The number of alkyl halides is 2. The van der Waals surface area contributed by atoms with Gasteiger partial charge in [0.1, 0.15) is 11.8 Å². The molecule has 1 rings (SSSR count). The zero-order chi connectivity index (χ0) is 10.0. The molecule has 13 heavy (non-hydrogen) atoms. The Morgan fingerprint density at radius 3 is 2.69 bits per heavy atom. The molecule has 1 heterocycles. The van der Waals surface area contributed by atoms with Crippen molar-refractivity contribution in [3.8, 4) is 6.07 Å².